The molecule has 1 aliphatic rings. The van der Waals surface area contributed by atoms with Crippen LogP contribution in [0.2, 0.25) is 0 Å². The van der Waals surface area contributed by atoms with Crippen LogP contribution in [0.15, 0.2) is 29.3 Å². The standard InChI is InChI=1S/C14H12F6N2O2/c1-2-24-11(23)22-12(13(15,16)17,14(18,19)20)9-7-21-10-6-4-3-5-8(9)10/h3-7,9H,2H2,1H3,(H,22,23)/t9-/m1/s1. The molecule has 1 atom stereocenters. The van der Waals surface area contributed by atoms with Crippen molar-refractivity contribution in [3.05, 3.63) is 29.8 Å². The lowest BCUT2D eigenvalue weighted by Gasteiger charge is -2.40. The molecule has 10 heteroatoms. The van der Waals surface area contributed by atoms with E-state index in [0.29, 0.717) is 6.21 Å². The molecule has 2 rings (SSSR count). The fourth-order valence-corrected chi connectivity index (χ4v) is 2.51. The largest absolute Gasteiger partial charge is 0.450 e. The predicted octanol–water partition coefficient (Wildman–Crippen LogP) is 4.10. The van der Waals surface area contributed by atoms with Gasteiger partial charge in [0.05, 0.1) is 18.2 Å². The SMILES string of the molecule is CCOC(=O)NC([C@@H]1C=Nc2ccccc21)(C(F)(F)F)C(F)(F)F. The number of hydrogen-bond donors (Lipinski definition) is 1. The molecule has 0 spiro atoms. The lowest BCUT2D eigenvalue weighted by Crippen LogP contribution is -2.70. The molecule has 0 saturated heterocycles. The summed E-state index contributed by atoms with van der Waals surface area (Å²) in [5, 5.41) is 0.992. The van der Waals surface area contributed by atoms with E-state index in [0.717, 1.165) is 11.4 Å². The lowest BCUT2D eigenvalue weighted by atomic mass is 9.79. The number of ether oxygens (including phenoxy) is 1. The first kappa shape index (κ1) is 18.1. The van der Waals surface area contributed by atoms with Gasteiger partial charge in [-0.1, -0.05) is 18.2 Å². The normalized spacial score (nSPS) is 17.5. The van der Waals surface area contributed by atoms with Gasteiger partial charge in [-0.15, -0.1) is 0 Å². The van der Waals surface area contributed by atoms with Crippen molar-refractivity contribution in [2.24, 2.45) is 4.99 Å². The van der Waals surface area contributed by atoms with Crippen molar-refractivity contribution in [1.29, 1.82) is 0 Å². The van der Waals surface area contributed by atoms with E-state index in [-0.39, 0.29) is 17.9 Å². The minimum atomic E-state index is -5.84. The molecule has 1 aromatic rings. The Labute approximate surface area is 132 Å². The van der Waals surface area contributed by atoms with E-state index in [1.165, 1.54) is 25.1 Å². The highest BCUT2D eigenvalue weighted by Crippen LogP contribution is 2.53. The average molecular weight is 354 g/mol. The summed E-state index contributed by atoms with van der Waals surface area (Å²) in [6, 6.07) is 5.11. The predicted molar refractivity (Wildman–Crippen MR) is 72.3 cm³/mol. The number of rotatable bonds is 3. The fraction of sp³-hybridized carbons (Fsp3) is 0.429. The van der Waals surface area contributed by atoms with E-state index >= 15 is 0 Å². The zero-order valence-electron chi connectivity index (χ0n) is 12.2. The molecule has 24 heavy (non-hydrogen) atoms. The Bertz CT molecular complexity index is 639. The van der Waals surface area contributed by atoms with Gasteiger partial charge in [0, 0.05) is 6.21 Å². The zero-order chi connectivity index (χ0) is 18.2. The molecule has 1 aliphatic heterocycles. The van der Waals surface area contributed by atoms with Crippen LogP contribution in [0.4, 0.5) is 36.8 Å². The van der Waals surface area contributed by atoms with E-state index in [4.69, 9.17) is 0 Å². The number of alkyl halides is 6. The maximum absolute atomic E-state index is 13.6. The van der Waals surface area contributed by atoms with Crippen LogP contribution < -0.4 is 5.32 Å². The Morgan fingerprint density at radius 3 is 2.29 bits per heavy atom. The first-order chi connectivity index (χ1) is 11.0. The number of halogens is 6. The van der Waals surface area contributed by atoms with Gasteiger partial charge in [-0.3, -0.25) is 10.3 Å². The Morgan fingerprint density at radius 1 is 1.17 bits per heavy atom. The molecule has 132 valence electrons. The van der Waals surface area contributed by atoms with E-state index in [9.17, 15) is 31.1 Å². The quantitative estimate of drug-likeness (QED) is 0.831. The number of para-hydroxylation sites is 1. The highest BCUT2D eigenvalue weighted by atomic mass is 19.4. The minimum Gasteiger partial charge on any atom is -0.450 e. The van der Waals surface area contributed by atoms with Gasteiger partial charge in [0.1, 0.15) is 0 Å². The first-order valence-corrected chi connectivity index (χ1v) is 6.76. The molecule has 1 aromatic carbocycles. The van der Waals surface area contributed by atoms with E-state index < -0.39 is 29.9 Å². The van der Waals surface area contributed by atoms with Gasteiger partial charge in [-0.25, -0.2) is 4.79 Å². The molecule has 0 aromatic heterocycles. The number of amides is 1. The molecule has 0 aliphatic carbocycles. The van der Waals surface area contributed by atoms with Crippen molar-refractivity contribution in [3.8, 4) is 0 Å². The molecule has 0 radical (unpaired) electrons. The molecule has 1 amide bonds. The number of nitrogens with zero attached hydrogens (tertiary/aromatic N) is 1. The first-order valence-electron chi connectivity index (χ1n) is 6.76. The van der Waals surface area contributed by atoms with Crippen LogP contribution in [0.5, 0.6) is 0 Å². The summed E-state index contributed by atoms with van der Waals surface area (Å²) in [5.74, 6) is -2.27. The number of nitrogens with one attached hydrogen (secondary N) is 1. The van der Waals surface area contributed by atoms with Crippen molar-refractivity contribution in [2.45, 2.75) is 30.7 Å². The van der Waals surface area contributed by atoms with Crippen LogP contribution in [-0.4, -0.2) is 36.8 Å². The third-order valence-electron chi connectivity index (χ3n) is 3.57. The van der Waals surface area contributed by atoms with Crippen LogP contribution in [0.1, 0.15) is 18.4 Å². The summed E-state index contributed by atoms with van der Waals surface area (Å²) in [6.45, 7) is 0.877. The molecule has 0 saturated carbocycles. The van der Waals surface area contributed by atoms with Crippen LogP contribution >= 0.6 is 0 Å². The van der Waals surface area contributed by atoms with Gasteiger partial charge in [-0.2, -0.15) is 26.3 Å². The molecule has 0 bridgehead atoms. The van der Waals surface area contributed by atoms with Gasteiger partial charge >= 0.3 is 18.4 Å². The number of aliphatic imine (C=N–C) groups is 1. The Hall–Kier alpha value is -2.26. The Morgan fingerprint density at radius 2 is 1.75 bits per heavy atom. The smallest absolute Gasteiger partial charge is 0.421 e. The molecule has 4 nitrogen and oxygen atoms in total. The Balaban J connectivity index is 2.63. The van der Waals surface area contributed by atoms with Crippen LogP contribution in [0, 0.1) is 0 Å². The highest BCUT2D eigenvalue weighted by Gasteiger charge is 2.76. The molecular weight excluding hydrogens is 342 g/mol. The number of hydrogen-bond acceptors (Lipinski definition) is 3. The maximum Gasteiger partial charge on any atom is 0.421 e. The van der Waals surface area contributed by atoms with Gasteiger partial charge in [0.15, 0.2) is 0 Å². The fourth-order valence-electron chi connectivity index (χ4n) is 2.51. The van der Waals surface area contributed by atoms with E-state index in [2.05, 4.69) is 9.73 Å². The second-order valence-corrected chi connectivity index (χ2v) is 4.96. The zero-order valence-corrected chi connectivity index (χ0v) is 12.2. The van der Waals surface area contributed by atoms with Crippen molar-refractivity contribution in [3.63, 3.8) is 0 Å². The molecule has 1 heterocycles. The van der Waals surface area contributed by atoms with Crippen molar-refractivity contribution >= 4 is 18.0 Å². The van der Waals surface area contributed by atoms with E-state index in [1.807, 2.05) is 0 Å². The lowest BCUT2D eigenvalue weighted by molar-refractivity contribution is -0.306. The number of carbonyl (C=O) groups excluding carboxylic acids is 1. The van der Waals surface area contributed by atoms with Gasteiger partial charge in [-0.05, 0) is 18.6 Å². The summed E-state index contributed by atoms with van der Waals surface area (Å²) in [6.07, 6.45) is -13.0. The average Bonchev–Trinajstić information content (AvgIpc) is 2.86. The monoisotopic (exact) mass is 354 g/mol. The minimum absolute atomic E-state index is 0.0222. The summed E-state index contributed by atoms with van der Waals surface area (Å²) in [7, 11) is 0. The summed E-state index contributed by atoms with van der Waals surface area (Å²) in [4.78, 5) is 15.1. The van der Waals surface area contributed by atoms with Crippen molar-refractivity contribution in [2.75, 3.05) is 6.61 Å². The summed E-state index contributed by atoms with van der Waals surface area (Å²) < 4.78 is 85.6. The maximum atomic E-state index is 13.6. The third kappa shape index (κ3) is 2.80. The number of alkyl carbamates (subject to hydrolysis) is 1. The molecule has 0 unspecified atom stereocenters. The van der Waals surface area contributed by atoms with Gasteiger partial charge in [0.25, 0.3) is 0 Å². The number of fused-ring (bicyclic) bond motifs is 1. The molecule has 0 fully saturated rings. The van der Waals surface area contributed by atoms with Crippen molar-refractivity contribution in [1.82, 2.24) is 5.32 Å². The Kier molecular flexibility index (Phi) is 4.51. The van der Waals surface area contributed by atoms with E-state index in [1.54, 1.807) is 0 Å². The van der Waals surface area contributed by atoms with Crippen LogP contribution in [0.3, 0.4) is 0 Å². The molecular formula is C14H12F6N2O2. The third-order valence-corrected chi connectivity index (χ3v) is 3.57. The van der Waals surface area contributed by atoms with Gasteiger partial charge < -0.3 is 4.74 Å². The second-order valence-electron chi connectivity index (χ2n) is 4.96. The second kappa shape index (κ2) is 5.99. The molecule has 1 N–H and O–H groups in total. The summed E-state index contributed by atoms with van der Waals surface area (Å²) >= 11 is 0. The number of carbonyl (C=O) groups is 1. The van der Waals surface area contributed by atoms with Crippen LogP contribution in [-0.2, 0) is 4.74 Å². The number of benzene rings is 1. The van der Waals surface area contributed by atoms with Crippen molar-refractivity contribution < 1.29 is 35.9 Å². The summed E-state index contributed by atoms with van der Waals surface area (Å²) in [5.41, 5.74) is -4.86. The highest BCUT2D eigenvalue weighted by molar-refractivity contribution is 5.84. The topological polar surface area (TPSA) is 50.7 Å². The van der Waals surface area contributed by atoms with Gasteiger partial charge in [0.2, 0.25) is 5.54 Å². The van der Waals surface area contributed by atoms with Crippen LogP contribution in [0.25, 0.3) is 0 Å².